The molecule has 3 rings (SSSR count). The first-order valence-electron chi connectivity index (χ1n) is 7.28. The van der Waals surface area contributed by atoms with Crippen LogP contribution in [0.25, 0.3) is 10.2 Å². The summed E-state index contributed by atoms with van der Waals surface area (Å²) in [7, 11) is 1.32. The Hall–Kier alpha value is -3.11. The van der Waals surface area contributed by atoms with Gasteiger partial charge in [0.15, 0.2) is 16.0 Å². The van der Waals surface area contributed by atoms with Crippen molar-refractivity contribution in [3.8, 4) is 5.75 Å². The van der Waals surface area contributed by atoms with Crippen molar-refractivity contribution >= 4 is 55.6 Å². The number of nitro benzene ring substituents is 1. The maximum absolute atomic E-state index is 12.3. The predicted molar refractivity (Wildman–Crippen MR) is 103 cm³/mol. The molecule has 0 atom stereocenters. The van der Waals surface area contributed by atoms with Crippen LogP contribution in [0.5, 0.6) is 5.75 Å². The van der Waals surface area contributed by atoms with E-state index in [1.165, 1.54) is 30.6 Å². The number of para-hydroxylation sites is 1. The summed E-state index contributed by atoms with van der Waals surface area (Å²) in [6.07, 6.45) is 0. The van der Waals surface area contributed by atoms with Crippen molar-refractivity contribution in [3.05, 3.63) is 58.1 Å². The fourth-order valence-corrected chi connectivity index (χ4v) is 3.33. The number of fused-ring (bicyclic) bond motifs is 1. The number of thiocarbonyl (C=S) groups is 1. The molecular formula is C16H12N4O4S2. The Kier molecular flexibility index (Phi) is 5.05. The minimum atomic E-state index is -0.618. The lowest BCUT2D eigenvalue weighted by atomic mass is 10.2. The van der Waals surface area contributed by atoms with Gasteiger partial charge < -0.3 is 10.1 Å². The quantitative estimate of drug-likeness (QED) is 0.401. The summed E-state index contributed by atoms with van der Waals surface area (Å²) in [5.41, 5.74) is 0.607. The molecule has 1 aromatic heterocycles. The number of methoxy groups -OCH3 is 1. The van der Waals surface area contributed by atoms with Crippen LogP contribution in [0, 0.1) is 10.1 Å². The topological polar surface area (TPSA) is 106 Å². The number of anilines is 1. The Morgan fingerprint density at radius 3 is 2.77 bits per heavy atom. The molecular weight excluding hydrogens is 376 g/mol. The van der Waals surface area contributed by atoms with Crippen LogP contribution in [0.4, 0.5) is 10.8 Å². The third-order valence-corrected chi connectivity index (χ3v) is 4.54. The van der Waals surface area contributed by atoms with Gasteiger partial charge in [-0.1, -0.05) is 23.5 Å². The fourth-order valence-electron chi connectivity index (χ4n) is 2.20. The van der Waals surface area contributed by atoms with Crippen LogP contribution in [0.1, 0.15) is 10.4 Å². The van der Waals surface area contributed by atoms with Gasteiger partial charge in [-0.3, -0.25) is 20.2 Å². The van der Waals surface area contributed by atoms with E-state index < -0.39 is 10.8 Å². The smallest absolute Gasteiger partial charge is 0.311 e. The molecule has 0 bridgehead atoms. The minimum Gasteiger partial charge on any atom is -0.490 e. The molecule has 3 aromatic rings. The highest BCUT2D eigenvalue weighted by Gasteiger charge is 2.19. The number of amides is 1. The van der Waals surface area contributed by atoms with E-state index in [1.54, 1.807) is 0 Å². The van der Waals surface area contributed by atoms with E-state index in [0.29, 0.717) is 5.13 Å². The highest BCUT2D eigenvalue weighted by atomic mass is 32.1. The number of benzene rings is 2. The molecule has 0 radical (unpaired) electrons. The van der Waals surface area contributed by atoms with Crippen LogP contribution in [0.15, 0.2) is 42.5 Å². The lowest BCUT2D eigenvalue weighted by Gasteiger charge is -2.08. The summed E-state index contributed by atoms with van der Waals surface area (Å²) in [4.78, 5) is 27.1. The van der Waals surface area contributed by atoms with Crippen molar-refractivity contribution in [2.24, 2.45) is 0 Å². The van der Waals surface area contributed by atoms with Gasteiger partial charge in [0.2, 0.25) is 0 Å². The van der Waals surface area contributed by atoms with Gasteiger partial charge in [-0.15, -0.1) is 0 Å². The van der Waals surface area contributed by atoms with E-state index >= 15 is 0 Å². The fraction of sp³-hybridized carbons (Fsp3) is 0.0625. The van der Waals surface area contributed by atoms with E-state index in [2.05, 4.69) is 15.6 Å². The number of hydrogen-bond donors (Lipinski definition) is 2. The number of nitrogens with zero attached hydrogens (tertiary/aromatic N) is 2. The molecule has 0 spiro atoms. The first kappa shape index (κ1) is 17.7. The van der Waals surface area contributed by atoms with E-state index in [-0.39, 0.29) is 22.1 Å². The number of aromatic nitrogens is 1. The molecule has 0 aliphatic rings. The van der Waals surface area contributed by atoms with E-state index in [9.17, 15) is 14.9 Å². The summed E-state index contributed by atoms with van der Waals surface area (Å²) in [5, 5.41) is 17.0. The van der Waals surface area contributed by atoms with Gasteiger partial charge in [0, 0.05) is 11.6 Å². The number of nitrogens with one attached hydrogen (secondary N) is 2. The Morgan fingerprint density at radius 2 is 2.08 bits per heavy atom. The van der Waals surface area contributed by atoms with Crippen LogP contribution < -0.4 is 15.4 Å². The number of nitro groups is 1. The summed E-state index contributed by atoms with van der Waals surface area (Å²) in [6.45, 7) is 0. The van der Waals surface area contributed by atoms with Crippen LogP contribution in [0.2, 0.25) is 0 Å². The zero-order valence-corrected chi connectivity index (χ0v) is 15.0. The van der Waals surface area contributed by atoms with Crippen LogP contribution in [0.3, 0.4) is 0 Å². The van der Waals surface area contributed by atoms with Gasteiger partial charge in [0.25, 0.3) is 5.91 Å². The molecule has 8 nitrogen and oxygen atoms in total. The van der Waals surface area contributed by atoms with Crippen molar-refractivity contribution in [2.75, 3.05) is 12.4 Å². The minimum absolute atomic E-state index is 0.0486. The van der Waals surface area contributed by atoms with Gasteiger partial charge >= 0.3 is 5.69 Å². The Labute approximate surface area is 157 Å². The second kappa shape index (κ2) is 7.42. The lowest BCUT2D eigenvalue weighted by Crippen LogP contribution is -2.34. The first-order valence-corrected chi connectivity index (χ1v) is 8.50. The van der Waals surface area contributed by atoms with Crippen molar-refractivity contribution in [1.82, 2.24) is 10.3 Å². The van der Waals surface area contributed by atoms with Crippen molar-refractivity contribution in [2.45, 2.75) is 0 Å². The SMILES string of the molecule is COc1ccc(C(=O)NC(=S)Nc2nc3ccccc3s2)cc1[N+](=O)[O-]. The van der Waals surface area contributed by atoms with E-state index in [1.807, 2.05) is 24.3 Å². The van der Waals surface area contributed by atoms with Gasteiger partial charge in [0.1, 0.15) is 0 Å². The van der Waals surface area contributed by atoms with E-state index in [0.717, 1.165) is 16.3 Å². The number of ether oxygens (including phenoxy) is 1. The van der Waals surface area contributed by atoms with Gasteiger partial charge in [0.05, 0.1) is 22.2 Å². The Bertz CT molecular complexity index is 985. The van der Waals surface area contributed by atoms with Crippen molar-refractivity contribution in [3.63, 3.8) is 0 Å². The summed E-state index contributed by atoms with van der Waals surface area (Å²) >= 11 is 6.51. The maximum Gasteiger partial charge on any atom is 0.311 e. The highest BCUT2D eigenvalue weighted by Crippen LogP contribution is 2.28. The largest absolute Gasteiger partial charge is 0.490 e. The third kappa shape index (κ3) is 3.76. The molecule has 10 heteroatoms. The Morgan fingerprint density at radius 1 is 1.31 bits per heavy atom. The van der Waals surface area contributed by atoms with Gasteiger partial charge in [-0.2, -0.15) is 0 Å². The van der Waals surface area contributed by atoms with E-state index in [4.69, 9.17) is 17.0 Å². The normalized spacial score (nSPS) is 10.3. The van der Waals surface area contributed by atoms with Gasteiger partial charge in [-0.05, 0) is 36.5 Å². The number of rotatable bonds is 4. The molecule has 0 aliphatic carbocycles. The second-order valence-electron chi connectivity index (χ2n) is 5.04. The van der Waals surface area contributed by atoms with Crippen LogP contribution in [-0.4, -0.2) is 28.0 Å². The monoisotopic (exact) mass is 388 g/mol. The molecule has 0 saturated carbocycles. The molecule has 0 saturated heterocycles. The summed E-state index contributed by atoms with van der Waals surface area (Å²) in [6, 6.07) is 11.5. The third-order valence-electron chi connectivity index (χ3n) is 3.38. The van der Waals surface area contributed by atoms with Crippen molar-refractivity contribution < 1.29 is 14.5 Å². The molecule has 1 heterocycles. The van der Waals surface area contributed by atoms with Crippen LogP contribution in [-0.2, 0) is 0 Å². The summed E-state index contributed by atoms with van der Waals surface area (Å²) < 4.78 is 5.89. The van der Waals surface area contributed by atoms with Crippen LogP contribution >= 0.6 is 23.6 Å². The molecule has 132 valence electrons. The second-order valence-corrected chi connectivity index (χ2v) is 6.48. The predicted octanol–water partition coefficient (Wildman–Crippen LogP) is 3.34. The lowest BCUT2D eigenvalue weighted by molar-refractivity contribution is -0.385. The number of carbonyl (C=O) groups excluding carboxylic acids is 1. The zero-order chi connectivity index (χ0) is 18.7. The van der Waals surface area contributed by atoms with Gasteiger partial charge in [-0.25, -0.2) is 4.98 Å². The molecule has 1 amide bonds. The molecule has 26 heavy (non-hydrogen) atoms. The molecule has 0 aliphatic heterocycles. The Balaban J connectivity index is 1.72. The number of carbonyl (C=O) groups is 1. The van der Waals surface area contributed by atoms with Crippen molar-refractivity contribution in [1.29, 1.82) is 0 Å². The molecule has 0 fully saturated rings. The standard InChI is InChI=1S/C16H12N4O4S2/c1-24-12-7-6-9(8-11(12)20(22)23)14(21)18-15(25)19-16-17-10-4-2-3-5-13(10)26-16/h2-8H,1H3,(H2,17,18,19,21,25). The first-order chi connectivity index (χ1) is 12.5. The average molecular weight is 388 g/mol. The molecule has 2 aromatic carbocycles. The maximum atomic E-state index is 12.3. The zero-order valence-electron chi connectivity index (χ0n) is 13.4. The molecule has 0 unspecified atom stereocenters. The highest BCUT2D eigenvalue weighted by molar-refractivity contribution is 7.80. The number of thiazole rings is 1. The summed E-state index contributed by atoms with van der Waals surface area (Å²) in [5.74, 6) is -0.504. The molecule has 2 N–H and O–H groups in total. The number of hydrogen-bond acceptors (Lipinski definition) is 7. The average Bonchev–Trinajstić information content (AvgIpc) is 3.02.